The van der Waals surface area contributed by atoms with Crippen LogP contribution in [0.4, 0.5) is 15.8 Å². The molecule has 1 aliphatic heterocycles. The summed E-state index contributed by atoms with van der Waals surface area (Å²) in [4.78, 5) is 26.4. The number of amides is 2. The van der Waals surface area contributed by atoms with Crippen molar-refractivity contribution in [2.75, 3.05) is 10.6 Å². The molecular weight excluding hydrogens is 303 g/mol. The third kappa shape index (κ3) is 2.69. The van der Waals surface area contributed by atoms with Gasteiger partial charge in [0.1, 0.15) is 5.82 Å². The Labute approximate surface area is 131 Å². The molecule has 1 saturated heterocycles. The molecule has 0 saturated carbocycles. The number of hydrogen-bond acceptors (Lipinski definition) is 4. The Morgan fingerprint density at radius 2 is 1.91 bits per heavy atom. The summed E-state index contributed by atoms with van der Waals surface area (Å²) in [5.74, 6) is -1.16. The Morgan fingerprint density at radius 3 is 2.64 bits per heavy atom. The number of carbonyl (C=O) groups excluding carboxylic acids is 2. The van der Waals surface area contributed by atoms with Gasteiger partial charge in [-0.3, -0.25) is 9.59 Å². The van der Waals surface area contributed by atoms with Crippen LogP contribution in [0.1, 0.15) is 6.42 Å². The highest BCUT2D eigenvalue weighted by Crippen LogP contribution is 2.36. The molecule has 22 heavy (non-hydrogen) atoms. The van der Waals surface area contributed by atoms with Gasteiger partial charge >= 0.3 is 0 Å². The molecule has 0 spiro atoms. The molecule has 1 aliphatic rings. The van der Waals surface area contributed by atoms with Crippen LogP contribution in [0.2, 0.25) is 0 Å². The molecule has 112 valence electrons. The first-order valence-electron chi connectivity index (χ1n) is 6.70. The number of imide groups is 1. The zero-order valence-corrected chi connectivity index (χ0v) is 12.3. The number of anilines is 2. The fraction of sp³-hybridized carbons (Fsp3) is 0.125. The maximum Gasteiger partial charge on any atom is 0.247 e. The smallest absolute Gasteiger partial charge is 0.247 e. The molecule has 2 aromatic rings. The van der Waals surface area contributed by atoms with E-state index in [4.69, 9.17) is 5.73 Å². The largest absolute Gasteiger partial charge is 0.398 e. The van der Waals surface area contributed by atoms with E-state index < -0.39 is 11.1 Å². The van der Waals surface area contributed by atoms with E-state index in [1.54, 1.807) is 18.2 Å². The lowest BCUT2D eigenvalue weighted by atomic mass is 10.3. The van der Waals surface area contributed by atoms with Gasteiger partial charge < -0.3 is 5.73 Å². The first-order valence-corrected chi connectivity index (χ1v) is 7.58. The van der Waals surface area contributed by atoms with Crippen molar-refractivity contribution in [3.8, 4) is 0 Å². The van der Waals surface area contributed by atoms with E-state index in [-0.39, 0.29) is 23.9 Å². The molecule has 1 atom stereocenters. The van der Waals surface area contributed by atoms with Crippen LogP contribution in [-0.2, 0) is 9.59 Å². The summed E-state index contributed by atoms with van der Waals surface area (Å²) in [6.07, 6.45) is 0.0777. The zero-order valence-electron chi connectivity index (χ0n) is 11.5. The van der Waals surface area contributed by atoms with Gasteiger partial charge in [0.15, 0.2) is 0 Å². The number of nitrogen functional groups attached to an aromatic ring is 1. The monoisotopic (exact) mass is 316 g/mol. The Morgan fingerprint density at radius 1 is 1.14 bits per heavy atom. The molecule has 2 aromatic carbocycles. The Bertz CT molecular complexity index is 750. The highest BCUT2D eigenvalue weighted by atomic mass is 32.2. The quantitative estimate of drug-likeness (QED) is 0.698. The van der Waals surface area contributed by atoms with Crippen molar-refractivity contribution < 1.29 is 14.0 Å². The lowest BCUT2D eigenvalue weighted by Gasteiger charge is -2.15. The Hall–Kier alpha value is -2.34. The van der Waals surface area contributed by atoms with Crippen LogP contribution in [0.5, 0.6) is 0 Å². The summed E-state index contributed by atoms with van der Waals surface area (Å²) in [6, 6.07) is 12.6. The Balaban J connectivity index is 1.84. The van der Waals surface area contributed by atoms with Crippen molar-refractivity contribution in [2.24, 2.45) is 0 Å². The van der Waals surface area contributed by atoms with Crippen LogP contribution in [0.25, 0.3) is 0 Å². The molecule has 0 unspecified atom stereocenters. The van der Waals surface area contributed by atoms with Gasteiger partial charge in [0.05, 0.1) is 10.9 Å². The predicted octanol–water partition coefficient (Wildman–Crippen LogP) is 2.83. The van der Waals surface area contributed by atoms with Crippen molar-refractivity contribution >= 4 is 35.0 Å². The summed E-state index contributed by atoms with van der Waals surface area (Å²) < 4.78 is 13.3. The average molecular weight is 316 g/mol. The number of nitrogens with zero attached hydrogens (tertiary/aromatic N) is 1. The molecule has 0 aromatic heterocycles. The minimum Gasteiger partial charge on any atom is -0.398 e. The highest BCUT2D eigenvalue weighted by Gasteiger charge is 2.40. The van der Waals surface area contributed by atoms with Crippen LogP contribution < -0.4 is 10.6 Å². The summed E-state index contributed by atoms with van der Waals surface area (Å²) in [7, 11) is 0. The number of nitrogens with two attached hydrogens (primary N) is 1. The molecule has 6 heteroatoms. The van der Waals surface area contributed by atoms with E-state index >= 15 is 0 Å². The van der Waals surface area contributed by atoms with Gasteiger partial charge in [0, 0.05) is 17.0 Å². The van der Waals surface area contributed by atoms with Crippen LogP contribution in [0.15, 0.2) is 53.4 Å². The number of halogens is 1. The number of hydrogen-bond donors (Lipinski definition) is 1. The molecular formula is C16H13FN2O2S. The molecule has 0 radical (unpaired) electrons. The molecule has 1 fully saturated rings. The van der Waals surface area contributed by atoms with Gasteiger partial charge in [0.2, 0.25) is 11.8 Å². The maximum atomic E-state index is 13.3. The molecule has 1 heterocycles. The summed E-state index contributed by atoms with van der Waals surface area (Å²) in [6.45, 7) is 0. The second-order valence-electron chi connectivity index (χ2n) is 4.90. The normalized spacial score (nSPS) is 18.0. The SMILES string of the molecule is Nc1ccccc1S[C@H]1CC(=O)N(c2cccc(F)c2)C1=O. The maximum absolute atomic E-state index is 13.3. The second-order valence-corrected chi connectivity index (χ2v) is 6.14. The molecule has 2 N–H and O–H groups in total. The number of benzene rings is 2. The first-order chi connectivity index (χ1) is 10.6. The van der Waals surface area contributed by atoms with Crippen molar-refractivity contribution in [3.63, 3.8) is 0 Å². The van der Waals surface area contributed by atoms with Gasteiger partial charge in [0.25, 0.3) is 0 Å². The van der Waals surface area contributed by atoms with E-state index in [0.717, 1.165) is 9.80 Å². The van der Waals surface area contributed by atoms with Crippen molar-refractivity contribution in [1.29, 1.82) is 0 Å². The van der Waals surface area contributed by atoms with Crippen LogP contribution >= 0.6 is 11.8 Å². The van der Waals surface area contributed by atoms with E-state index in [2.05, 4.69) is 0 Å². The zero-order chi connectivity index (χ0) is 15.7. The topological polar surface area (TPSA) is 63.4 Å². The average Bonchev–Trinajstić information content (AvgIpc) is 2.76. The lowest BCUT2D eigenvalue weighted by Crippen LogP contribution is -2.31. The number of thioether (sulfide) groups is 1. The summed E-state index contributed by atoms with van der Waals surface area (Å²) in [5, 5.41) is -0.541. The predicted molar refractivity (Wildman–Crippen MR) is 84.0 cm³/mol. The Kier molecular flexibility index (Phi) is 3.85. The van der Waals surface area contributed by atoms with Crippen LogP contribution in [-0.4, -0.2) is 17.1 Å². The fourth-order valence-corrected chi connectivity index (χ4v) is 3.42. The molecule has 0 aliphatic carbocycles. The second kappa shape index (κ2) is 5.81. The minimum absolute atomic E-state index is 0.0777. The summed E-state index contributed by atoms with van der Waals surface area (Å²) >= 11 is 1.26. The van der Waals surface area contributed by atoms with Crippen molar-refractivity contribution in [1.82, 2.24) is 0 Å². The van der Waals surface area contributed by atoms with E-state index in [1.807, 2.05) is 12.1 Å². The summed E-state index contributed by atoms with van der Waals surface area (Å²) in [5.41, 5.74) is 6.69. The van der Waals surface area contributed by atoms with Crippen LogP contribution in [0, 0.1) is 5.82 Å². The van der Waals surface area contributed by atoms with Gasteiger partial charge in [-0.15, -0.1) is 11.8 Å². The van der Waals surface area contributed by atoms with Crippen LogP contribution in [0.3, 0.4) is 0 Å². The van der Waals surface area contributed by atoms with Gasteiger partial charge in [-0.2, -0.15) is 0 Å². The van der Waals surface area contributed by atoms with E-state index in [1.165, 1.54) is 30.0 Å². The third-order valence-corrected chi connectivity index (χ3v) is 4.64. The number of carbonyl (C=O) groups is 2. The van der Waals surface area contributed by atoms with Gasteiger partial charge in [-0.25, -0.2) is 9.29 Å². The molecule has 2 amide bonds. The molecule has 3 rings (SSSR count). The number of rotatable bonds is 3. The van der Waals surface area contributed by atoms with Gasteiger partial charge in [-0.05, 0) is 30.3 Å². The van der Waals surface area contributed by atoms with E-state index in [0.29, 0.717) is 5.69 Å². The molecule has 4 nitrogen and oxygen atoms in total. The van der Waals surface area contributed by atoms with Crippen molar-refractivity contribution in [3.05, 3.63) is 54.3 Å². The lowest BCUT2D eigenvalue weighted by molar-refractivity contribution is -0.121. The first kappa shape index (κ1) is 14.6. The third-order valence-electron chi connectivity index (χ3n) is 3.36. The number of para-hydroxylation sites is 1. The highest BCUT2D eigenvalue weighted by molar-refractivity contribution is 8.00. The van der Waals surface area contributed by atoms with Crippen molar-refractivity contribution in [2.45, 2.75) is 16.6 Å². The molecule has 0 bridgehead atoms. The standard InChI is InChI=1S/C16H13FN2O2S/c17-10-4-3-5-11(8-10)19-15(20)9-14(16(19)21)22-13-7-2-1-6-12(13)18/h1-8,14H,9,18H2/t14-/m0/s1. The fourth-order valence-electron chi connectivity index (χ4n) is 2.32. The minimum atomic E-state index is -0.541. The van der Waals surface area contributed by atoms with E-state index in [9.17, 15) is 14.0 Å². The van der Waals surface area contributed by atoms with Gasteiger partial charge in [-0.1, -0.05) is 18.2 Å².